The van der Waals surface area contributed by atoms with Crippen molar-refractivity contribution in [2.75, 3.05) is 0 Å². The van der Waals surface area contributed by atoms with E-state index in [9.17, 15) is 9.59 Å². The molecule has 2 aromatic heterocycles. The van der Waals surface area contributed by atoms with Gasteiger partial charge in [-0.25, -0.2) is 0 Å². The lowest BCUT2D eigenvalue weighted by Gasteiger charge is -2.08. The van der Waals surface area contributed by atoms with Gasteiger partial charge in [0.25, 0.3) is 0 Å². The quantitative estimate of drug-likeness (QED) is 0.568. The fourth-order valence-corrected chi connectivity index (χ4v) is 3.93. The monoisotopic (exact) mass is 308 g/mol. The summed E-state index contributed by atoms with van der Waals surface area (Å²) < 4.78 is 0. The number of carbonyl (C=O) groups is 2. The van der Waals surface area contributed by atoms with Gasteiger partial charge < -0.3 is 0 Å². The molecule has 20 heavy (non-hydrogen) atoms. The number of rotatable bonds is 0. The minimum absolute atomic E-state index is 0.00157. The Kier molecular flexibility index (Phi) is 5.84. The van der Waals surface area contributed by atoms with Crippen molar-refractivity contribution >= 4 is 34.2 Å². The molecule has 2 nitrogen and oxygen atoms in total. The standard InChI is InChI=1S/C12H8O2S2.2C2H6/c1-5-3-7-9(13)8-4-6(2)16-12(8)10(14)11(7)15-5;2*1-2/h3-4H,1-2H3;2*1-2H3. The fraction of sp³-hybridized carbons (Fsp3) is 0.375. The lowest BCUT2D eigenvalue weighted by atomic mass is 9.95. The first-order valence-electron chi connectivity index (χ1n) is 6.88. The maximum Gasteiger partial charge on any atom is 0.214 e. The first-order valence-corrected chi connectivity index (χ1v) is 8.51. The molecule has 0 aliphatic heterocycles. The van der Waals surface area contributed by atoms with Gasteiger partial charge in [0.05, 0.1) is 9.75 Å². The molecule has 2 heterocycles. The third-order valence-electron chi connectivity index (χ3n) is 2.61. The van der Waals surface area contributed by atoms with Gasteiger partial charge >= 0.3 is 0 Å². The predicted octanol–water partition coefficient (Wildman–Crippen LogP) is 5.25. The maximum absolute atomic E-state index is 12.1. The molecular weight excluding hydrogens is 288 g/mol. The molecule has 0 amide bonds. The average Bonchev–Trinajstić information content (AvgIpc) is 3.04. The van der Waals surface area contributed by atoms with Crippen molar-refractivity contribution in [3.63, 3.8) is 0 Å². The molecule has 1 aliphatic carbocycles. The minimum Gasteiger partial charge on any atom is -0.288 e. The Morgan fingerprint density at radius 2 is 1.05 bits per heavy atom. The Hall–Kier alpha value is -1.26. The van der Waals surface area contributed by atoms with Gasteiger partial charge in [-0.3, -0.25) is 9.59 Å². The number of hydrogen-bond donors (Lipinski definition) is 0. The highest BCUT2D eigenvalue weighted by molar-refractivity contribution is 7.18. The summed E-state index contributed by atoms with van der Waals surface area (Å²) in [4.78, 5) is 27.5. The number of fused-ring (bicyclic) bond motifs is 2. The summed E-state index contributed by atoms with van der Waals surface area (Å²) in [5.74, 6) is 0.0131. The molecular formula is C16H20O2S2. The molecule has 0 atom stereocenters. The van der Waals surface area contributed by atoms with Crippen molar-refractivity contribution in [1.29, 1.82) is 0 Å². The van der Waals surface area contributed by atoms with E-state index in [0.717, 1.165) is 9.75 Å². The summed E-state index contributed by atoms with van der Waals surface area (Å²) in [6.07, 6.45) is 0. The second-order valence-corrected chi connectivity index (χ2v) is 6.37. The zero-order valence-electron chi connectivity index (χ0n) is 12.8. The molecule has 0 saturated carbocycles. The molecule has 1 aliphatic rings. The van der Waals surface area contributed by atoms with Crippen LogP contribution < -0.4 is 0 Å². The molecule has 0 spiro atoms. The van der Waals surface area contributed by atoms with Crippen LogP contribution in [0.3, 0.4) is 0 Å². The summed E-state index contributed by atoms with van der Waals surface area (Å²) in [5.41, 5.74) is 1.16. The van der Waals surface area contributed by atoms with Crippen molar-refractivity contribution < 1.29 is 9.59 Å². The fourth-order valence-electron chi connectivity index (χ4n) is 1.95. The van der Waals surface area contributed by atoms with Crippen LogP contribution in [0, 0.1) is 13.8 Å². The van der Waals surface area contributed by atoms with Gasteiger partial charge in [0.1, 0.15) is 0 Å². The minimum atomic E-state index is -0.00157. The van der Waals surface area contributed by atoms with Gasteiger partial charge in [-0.2, -0.15) is 0 Å². The molecule has 0 fully saturated rings. The van der Waals surface area contributed by atoms with Crippen molar-refractivity contribution in [2.45, 2.75) is 41.5 Å². The van der Waals surface area contributed by atoms with Crippen LogP contribution in [-0.4, -0.2) is 11.6 Å². The second kappa shape index (κ2) is 6.95. The van der Waals surface area contributed by atoms with Crippen LogP contribution in [0.2, 0.25) is 0 Å². The van der Waals surface area contributed by atoms with Crippen LogP contribution in [0.4, 0.5) is 0 Å². The third kappa shape index (κ3) is 2.76. The molecule has 4 heteroatoms. The van der Waals surface area contributed by atoms with Crippen LogP contribution in [-0.2, 0) is 0 Å². The van der Waals surface area contributed by atoms with E-state index < -0.39 is 0 Å². The second-order valence-electron chi connectivity index (χ2n) is 3.86. The SMILES string of the molecule is CC.CC.Cc1cc2c(s1)C(=O)c1sc(C)cc1C2=O. The van der Waals surface area contributed by atoms with Crippen LogP contribution in [0.5, 0.6) is 0 Å². The highest BCUT2D eigenvalue weighted by Crippen LogP contribution is 2.36. The van der Waals surface area contributed by atoms with Gasteiger partial charge in [-0.1, -0.05) is 27.7 Å². The van der Waals surface area contributed by atoms with Crippen LogP contribution >= 0.6 is 22.7 Å². The smallest absolute Gasteiger partial charge is 0.214 e. The summed E-state index contributed by atoms with van der Waals surface area (Å²) in [5, 5.41) is 0. The molecule has 0 N–H and O–H groups in total. The molecule has 0 saturated heterocycles. The van der Waals surface area contributed by atoms with Gasteiger partial charge in [-0.15, -0.1) is 22.7 Å². The van der Waals surface area contributed by atoms with Gasteiger partial charge in [0, 0.05) is 20.9 Å². The van der Waals surface area contributed by atoms with Crippen LogP contribution in [0.15, 0.2) is 12.1 Å². The summed E-state index contributed by atoms with van der Waals surface area (Å²) >= 11 is 2.82. The Balaban J connectivity index is 0.000000461. The highest BCUT2D eigenvalue weighted by Gasteiger charge is 2.33. The van der Waals surface area contributed by atoms with Gasteiger partial charge in [-0.05, 0) is 26.0 Å². The van der Waals surface area contributed by atoms with Crippen molar-refractivity contribution in [3.8, 4) is 0 Å². The number of carbonyl (C=O) groups excluding carboxylic acids is 2. The number of aryl methyl sites for hydroxylation is 2. The van der Waals surface area contributed by atoms with E-state index in [1.54, 1.807) is 0 Å². The molecule has 0 radical (unpaired) electrons. The highest BCUT2D eigenvalue weighted by atomic mass is 32.1. The maximum atomic E-state index is 12.1. The van der Waals surface area contributed by atoms with Crippen molar-refractivity contribution in [2.24, 2.45) is 0 Å². The van der Waals surface area contributed by atoms with Crippen molar-refractivity contribution in [3.05, 3.63) is 42.8 Å². The number of ketones is 2. The molecule has 108 valence electrons. The molecule has 0 bridgehead atoms. The first kappa shape index (κ1) is 16.8. The van der Waals surface area contributed by atoms with E-state index in [2.05, 4.69) is 0 Å². The van der Waals surface area contributed by atoms with E-state index in [1.807, 2.05) is 53.7 Å². The molecule has 0 aromatic carbocycles. The largest absolute Gasteiger partial charge is 0.288 e. The molecule has 2 aromatic rings. The summed E-state index contributed by atoms with van der Waals surface area (Å²) in [6.45, 7) is 11.8. The van der Waals surface area contributed by atoms with E-state index >= 15 is 0 Å². The normalized spacial score (nSPS) is 11.7. The van der Waals surface area contributed by atoms with E-state index in [4.69, 9.17) is 0 Å². The van der Waals surface area contributed by atoms with Gasteiger partial charge in [0.15, 0.2) is 5.78 Å². The van der Waals surface area contributed by atoms with E-state index in [0.29, 0.717) is 20.9 Å². The third-order valence-corrected chi connectivity index (χ3v) is 4.71. The molecule has 0 unspecified atom stereocenters. The van der Waals surface area contributed by atoms with Gasteiger partial charge in [0.2, 0.25) is 5.78 Å². The Morgan fingerprint density at radius 1 is 0.700 bits per heavy atom. The van der Waals surface area contributed by atoms with Crippen LogP contribution in [0.1, 0.15) is 67.9 Å². The van der Waals surface area contributed by atoms with E-state index in [1.165, 1.54) is 22.7 Å². The topological polar surface area (TPSA) is 34.1 Å². The van der Waals surface area contributed by atoms with E-state index in [-0.39, 0.29) is 11.6 Å². The average molecular weight is 308 g/mol. The zero-order valence-corrected chi connectivity index (χ0v) is 14.4. The van der Waals surface area contributed by atoms with Crippen LogP contribution in [0.25, 0.3) is 0 Å². The lowest BCUT2D eigenvalue weighted by Crippen LogP contribution is -2.15. The Labute approximate surface area is 128 Å². The number of hydrogen-bond acceptors (Lipinski definition) is 4. The predicted molar refractivity (Wildman–Crippen MR) is 87.7 cm³/mol. The lowest BCUT2D eigenvalue weighted by molar-refractivity contribution is 0.0986. The summed E-state index contributed by atoms with van der Waals surface area (Å²) in [6, 6.07) is 3.63. The Bertz CT molecular complexity index is 530. The Morgan fingerprint density at radius 3 is 1.40 bits per heavy atom. The molecule has 3 rings (SSSR count). The number of thiophene rings is 2. The summed E-state index contributed by atoms with van der Waals surface area (Å²) in [7, 11) is 0. The van der Waals surface area contributed by atoms with Crippen molar-refractivity contribution in [1.82, 2.24) is 0 Å². The zero-order chi connectivity index (χ0) is 15.4. The first-order chi connectivity index (χ1) is 9.58.